The summed E-state index contributed by atoms with van der Waals surface area (Å²) in [5.74, 6) is 0. The summed E-state index contributed by atoms with van der Waals surface area (Å²) in [5.41, 5.74) is 8.25. The molecule has 0 aliphatic heterocycles. The Morgan fingerprint density at radius 3 is 2.92 bits per heavy atom. The third kappa shape index (κ3) is 1.76. The number of ether oxygens (including phenoxy) is 1. The molecule has 0 aliphatic carbocycles. The van der Waals surface area contributed by atoms with E-state index in [1.54, 1.807) is 14.0 Å². The third-order valence-electron chi connectivity index (χ3n) is 1.87. The molecule has 68 valence electrons. The zero-order chi connectivity index (χ0) is 9.84. The molecule has 4 heteroatoms. The smallest absolute Gasteiger partial charge is 0.101 e. The summed E-state index contributed by atoms with van der Waals surface area (Å²) in [6.45, 7) is 2.17. The molecule has 13 heavy (non-hydrogen) atoms. The van der Waals surface area contributed by atoms with Gasteiger partial charge < -0.3 is 10.5 Å². The fraction of sp³-hybridized carbons (Fsp3) is 0.333. The number of nitrogen functional groups attached to an aromatic ring is 1. The van der Waals surface area contributed by atoms with E-state index in [0.29, 0.717) is 23.6 Å². The van der Waals surface area contributed by atoms with E-state index in [1.165, 1.54) is 6.20 Å². The Bertz CT molecular complexity index is 355. The van der Waals surface area contributed by atoms with Gasteiger partial charge in [-0.15, -0.1) is 0 Å². The molecule has 1 aromatic rings. The van der Waals surface area contributed by atoms with Crippen LogP contribution in [-0.2, 0) is 11.3 Å². The number of aromatic nitrogens is 1. The number of nitrogens with two attached hydrogens (primary N) is 1. The fourth-order valence-electron chi connectivity index (χ4n) is 1.03. The first kappa shape index (κ1) is 9.49. The molecule has 0 bridgehead atoms. The van der Waals surface area contributed by atoms with Gasteiger partial charge in [0, 0.05) is 13.3 Å². The van der Waals surface area contributed by atoms with E-state index >= 15 is 0 Å². The van der Waals surface area contributed by atoms with Crippen LogP contribution in [0, 0.1) is 18.3 Å². The normalized spacial score (nSPS) is 9.62. The van der Waals surface area contributed by atoms with Crippen molar-refractivity contribution in [2.75, 3.05) is 12.8 Å². The molecular formula is C9H11N3O. The summed E-state index contributed by atoms with van der Waals surface area (Å²) in [6, 6.07) is 2.02. The number of hydrogen-bond acceptors (Lipinski definition) is 4. The van der Waals surface area contributed by atoms with Crippen LogP contribution >= 0.6 is 0 Å². The molecule has 0 radical (unpaired) electrons. The number of rotatable bonds is 2. The molecule has 1 aromatic heterocycles. The highest BCUT2D eigenvalue weighted by Crippen LogP contribution is 2.18. The molecule has 0 amide bonds. The number of methoxy groups -OCH3 is 1. The second-order valence-corrected chi connectivity index (χ2v) is 2.70. The number of nitrogens with zero attached hydrogens (tertiary/aromatic N) is 2. The minimum absolute atomic E-state index is 0.373. The van der Waals surface area contributed by atoms with Crippen LogP contribution < -0.4 is 5.73 Å². The van der Waals surface area contributed by atoms with E-state index in [1.807, 2.05) is 6.07 Å². The van der Waals surface area contributed by atoms with Crippen molar-refractivity contribution in [3.63, 3.8) is 0 Å². The van der Waals surface area contributed by atoms with Gasteiger partial charge in [-0.25, -0.2) is 0 Å². The van der Waals surface area contributed by atoms with E-state index in [-0.39, 0.29) is 0 Å². The van der Waals surface area contributed by atoms with E-state index in [4.69, 9.17) is 15.7 Å². The van der Waals surface area contributed by atoms with Crippen LogP contribution in [0.5, 0.6) is 0 Å². The standard InChI is InChI=1S/C9H11N3O/c1-6-7(3-10)4-12-8(5-13-2)9(6)11/h4H,5,11H2,1-2H3. The van der Waals surface area contributed by atoms with Gasteiger partial charge in [-0.1, -0.05) is 0 Å². The van der Waals surface area contributed by atoms with Crippen molar-refractivity contribution in [2.45, 2.75) is 13.5 Å². The van der Waals surface area contributed by atoms with E-state index < -0.39 is 0 Å². The average molecular weight is 177 g/mol. The Hall–Kier alpha value is -1.60. The molecule has 1 heterocycles. The van der Waals surface area contributed by atoms with Crippen molar-refractivity contribution in [1.82, 2.24) is 4.98 Å². The van der Waals surface area contributed by atoms with Gasteiger partial charge in [-0.3, -0.25) is 4.98 Å². The summed E-state index contributed by atoms with van der Waals surface area (Å²) in [4.78, 5) is 4.03. The topological polar surface area (TPSA) is 71.9 Å². The number of hydrogen-bond donors (Lipinski definition) is 1. The fourth-order valence-corrected chi connectivity index (χ4v) is 1.03. The van der Waals surface area contributed by atoms with Crippen LogP contribution in [0.1, 0.15) is 16.8 Å². The molecule has 2 N–H and O–H groups in total. The lowest BCUT2D eigenvalue weighted by Gasteiger charge is -2.07. The highest BCUT2D eigenvalue weighted by molar-refractivity contribution is 5.56. The highest BCUT2D eigenvalue weighted by Gasteiger charge is 2.07. The molecular weight excluding hydrogens is 166 g/mol. The van der Waals surface area contributed by atoms with Crippen molar-refractivity contribution in [1.29, 1.82) is 5.26 Å². The molecule has 0 saturated carbocycles. The molecule has 4 nitrogen and oxygen atoms in total. The molecule has 0 fully saturated rings. The largest absolute Gasteiger partial charge is 0.397 e. The van der Waals surface area contributed by atoms with Gasteiger partial charge in [-0.2, -0.15) is 5.26 Å². The molecule has 0 aromatic carbocycles. The maximum Gasteiger partial charge on any atom is 0.101 e. The average Bonchev–Trinajstić information content (AvgIpc) is 2.14. The van der Waals surface area contributed by atoms with Gasteiger partial charge in [0.25, 0.3) is 0 Å². The van der Waals surface area contributed by atoms with Crippen molar-refractivity contribution in [3.8, 4) is 6.07 Å². The van der Waals surface area contributed by atoms with Crippen LogP contribution in [0.2, 0.25) is 0 Å². The quantitative estimate of drug-likeness (QED) is 0.731. The molecule has 0 unspecified atom stereocenters. The zero-order valence-electron chi connectivity index (χ0n) is 7.66. The van der Waals surface area contributed by atoms with Gasteiger partial charge in [-0.05, 0) is 12.5 Å². The summed E-state index contributed by atoms with van der Waals surface area (Å²) >= 11 is 0. The SMILES string of the molecule is COCc1ncc(C#N)c(C)c1N. The van der Waals surface area contributed by atoms with Crippen LogP contribution in [0.4, 0.5) is 5.69 Å². The maximum atomic E-state index is 8.69. The zero-order valence-corrected chi connectivity index (χ0v) is 7.66. The van der Waals surface area contributed by atoms with Gasteiger partial charge in [0.05, 0.1) is 23.6 Å². The predicted molar refractivity (Wildman–Crippen MR) is 48.8 cm³/mol. The summed E-state index contributed by atoms with van der Waals surface area (Å²) in [7, 11) is 1.58. The Kier molecular flexibility index (Phi) is 2.83. The van der Waals surface area contributed by atoms with Gasteiger partial charge in [0.15, 0.2) is 0 Å². The molecule has 0 aliphatic rings. The molecule has 1 rings (SSSR count). The van der Waals surface area contributed by atoms with Gasteiger partial charge in [0.2, 0.25) is 0 Å². The minimum Gasteiger partial charge on any atom is -0.397 e. The lowest BCUT2D eigenvalue weighted by Crippen LogP contribution is -2.03. The second-order valence-electron chi connectivity index (χ2n) is 2.70. The van der Waals surface area contributed by atoms with E-state index in [0.717, 1.165) is 5.56 Å². The second kappa shape index (κ2) is 3.87. The number of anilines is 1. The van der Waals surface area contributed by atoms with E-state index in [9.17, 15) is 0 Å². The van der Waals surface area contributed by atoms with Gasteiger partial charge >= 0.3 is 0 Å². The number of nitriles is 1. The minimum atomic E-state index is 0.373. The monoisotopic (exact) mass is 177 g/mol. The molecule has 0 saturated heterocycles. The Morgan fingerprint density at radius 1 is 1.69 bits per heavy atom. The van der Waals surface area contributed by atoms with Crippen LogP contribution in [-0.4, -0.2) is 12.1 Å². The Balaban J connectivity index is 3.17. The third-order valence-corrected chi connectivity index (χ3v) is 1.87. The summed E-state index contributed by atoms with van der Waals surface area (Å²) < 4.78 is 4.91. The van der Waals surface area contributed by atoms with Crippen LogP contribution in [0.15, 0.2) is 6.20 Å². The predicted octanol–water partition coefficient (Wildman–Crippen LogP) is 0.990. The summed E-state index contributed by atoms with van der Waals surface area (Å²) in [5, 5.41) is 8.69. The van der Waals surface area contributed by atoms with E-state index in [2.05, 4.69) is 4.98 Å². The van der Waals surface area contributed by atoms with Gasteiger partial charge in [0.1, 0.15) is 6.07 Å². The van der Waals surface area contributed by atoms with Crippen molar-refractivity contribution < 1.29 is 4.74 Å². The van der Waals surface area contributed by atoms with Crippen molar-refractivity contribution in [2.24, 2.45) is 0 Å². The van der Waals surface area contributed by atoms with Crippen molar-refractivity contribution in [3.05, 3.63) is 23.0 Å². The summed E-state index contributed by atoms with van der Waals surface area (Å²) in [6.07, 6.45) is 1.51. The first-order valence-electron chi connectivity index (χ1n) is 3.83. The lowest BCUT2D eigenvalue weighted by molar-refractivity contribution is 0.182. The van der Waals surface area contributed by atoms with Crippen LogP contribution in [0.3, 0.4) is 0 Å². The first-order valence-corrected chi connectivity index (χ1v) is 3.83. The maximum absolute atomic E-state index is 8.69. The molecule has 0 spiro atoms. The lowest BCUT2D eigenvalue weighted by atomic mass is 10.1. The first-order chi connectivity index (χ1) is 6.20. The van der Waals surface area contributed by atoms with Crippen molar-refractivity contribution >= 4 is 5.69 Å². The Labute approximate surface area is 77.0 Å². The Morgan fingerprint density at radius 2 is 2.38 bits per heavy atom. The number of pyridine rings is 1. The highest BCUT2D eigenvalue weighted by atomic mass is 16.5. The van der Waals surface area contributed by atoms with Crippen LogP contribution in [0.25, 0.3) is 0 Å². The molecule has 0 atom stereocenters.